The number of rotatable bonds is 4. The van der Waals surface area contributed by atoms with Crippen molar-refractivity contribution < 1.29 is 4.74 Å². The summed E-state index contributed by atoms with van der Waals surface area (Å²) in [4.78, 5) is 24.8. The second-order valence-electron chi connectivity index (χ2n) is 8.56. The highest BCUT2D eigenvalue weighted by Crippen LogP contribution is 2.56. The summed E-state index contributed by atoms with van der Waals surface area (Å²) in [6.45, 7) is 7.61. The summed E-state index contributed by atoms with van der Waals surface area (Å²) in [5, 5.41) is 0. The molecule has 1 aromatic carbocycles. The van der Waals surface area contributed by atoms with Gasteiger partial charge in [0, 0.05) is 31.7 Å². The van der Waals surface area contributed by atoms with E-state index in [1.807, 2.05) is 0 Å². The van der Waals surface area contributed by atoms with Crippen molar-refractivity contribution >= 4 is 11.8 Å². The Hall–Kier alpha value is -2.34. The first-order valence-corrected chi connectivity index (χ1v) is 10.4. The van der Waals surface area contributed by atoms with Gasteiger partial charge in [-0.3, -0.25) is 9.78 Å². The fraction of sp³-hybridized carbons (Fsp3) is 0.545. The molecule has 2 saturated heterocycles. The van der Waals surface area contributed by atoms with Crippen molar-refractivity contribution in [1.29, 1.82) is 0 Å². The van der Waals surface area contributed by atoms with Gasteiger partial charge in [0.1, 0.15) is 5.82 Å². The molecule has 0 spiro atoms. The number of morpholine rings is 1. The van der Waals surface area contributed by atoms with Crippen molar-refractivity contribution in [3.05, 3.63) is 52.3 Å². The van der Waals surface area contributed by atoms with Crippen molar-refractivity contribution in [3.8, 4) is 0 Å². The topological polar surface area (TPSA) is 61.5 Å². The maximum atomic E-state index is 12.4. The van der Waals surface area contributed by atoms with Crippen LogP contribution in [0.25, 0.3) is 0 Å². The Morgan fingerprint density at radius 3 is 2.82 bits per heavy atom. The maximum Gasteiger partial charge on any atom is 0.254 e. The first kappa shape index (κ1) is 17.7. The van der Waals surface area contributed by atoms with Crippen molar-refractivity contribution in [2.24, 2.45) is 17.8 Å². The van der Waals surface area contributed by atoms with Crippen LogP contribution in [0.3, 0.4) is 0 Å². The fourth-order valence-corrected chi connectivity index (χ4v) is 5.18. The van der Waals surface area contributed by atoms with Gasteiger partial charge in [0.15, 0.2) is 0 Å². The van der Waals surface area contributed by atoms with Crippen molar-refractivity contribution in [3.63, 3.8) is 0 Å². The zero-order chi connectivity index (χ0) is 19.3. The van der Waals surface area contributed by atoms with E-state index in [2.05, 4.69) is 59.0 Å². The Bertz CT molecular complexity index is 899. The molecule has 0 bridgehead atoms. The highest BCUT2D eigenvalue weighted by molar-refractivity contribution is 5.47. The largest absolute Gasteiger partial charge is 0.375 e. The summed E-state index contributed by atoms with van der Waals surface area (Å²) < 4.78 is 5.64. The van der Waals surface area contributed by atoms with Gasteiger partial charge in [-0.25, -0.2) is 0 Å². The highest BCUT2D eigenvalue weighted by atomic mass is 16.5. The van der Waals surface area contributed by atoms with Gasteiger partial charge in [0.2, 0.25) is 5.95 Å². The summed E-state index contributed by atoms with van der Waals surface area (Å²) in [6, 6.07) is 12.7. The Labute approximate surface area is 165 Å². The number of hydrogen-bond acceptors (Lipinski definition) is 5. The van der Waals surface area contributed by atoms with Crippen LogP contribution < -0.4 is 15.4 Å². The van der Waals surface area contributed by atoms with Gasteiger partial charge in [0.05, 0.1) is 12.7 Å². The Morgan fingerprint density at radius 2 is 2.04 bits per heavy atom. The number of benzene rings is 1. The SMILES string of the molecule is C[C@@H]1CN(c2cc(=O)[nH]c(N3C[C@@H]4C([C@H]3Cc3ccccc3)[C@@H]4C)n2)CCO1. The van der Waals surface area contributed by atoms with E-state index in [4.69, 9.17) is 9.72 Å². The Kier molecular flexibility index (Phi) is 4.38. The molecule has 2 aromatic rings. The molecule has 28 heavy (non-hydrogen) atoms. The molecule has 3 fully saturated rings. The number of aromatic amines is 1. The van der Waals surface area contributed by atoms with Crippen molar-refractivity contribution in [2.75, 3.05) is 36.0 Å². The van der Waals surface area contributed by atoms with Gasteiger partial charge in [-0.05, 0) is 36.7 Å². The van der Waals surface area contributed by atoms with Gasteiger partial charge in [0.25, 0.3) is 5.56 Å². The predicted molar refractivity (Wildman–Crippen MR) is 110 cm³/mol. The predicted octanol–water partition coefficient (Wildman–Crippen LogP) is 2.31. The number of nitrogens with one attached hydrogen (secondary N) is 1. The standard InChI is InChI=1S/C22H28N4O2/c1-14-12-25(8-9-28-14)19-11-20(27)24-22(23-19)26-13-17-15(2)21(17)18(26)10-16-6-4-3-5-7-16/h3-7,11,14-15,17-18,21H,8-10,12-13H2,1-2H3,(H,23,24,27)/t14-,15-,17+,18-,21?/m1/s1. The molecule has 1 N–H and O–H groups in total. The molecule has 1 unspecified atom stereocenters. The summed E-state index contributed by atoms with van der Waals surface area (Å²) in [5.41, 5.74) is 1.27. The van der Waals surface area contributed by atoms with Crippen LogP contribution in [0.2, 0.25) is 0 Å². The van der Waals surface area contributed by atoms with E-state index >= 15 is 0 Å². The van der Waals surface area contributed by atoms with Crippen LogP contribution in [0.1, 0.15) is 19.4 Å². The highest BCUT2D eigenvalue weighted by Gasteiger charge is 2.59. The lowest BCUT2D eigenvalue weighted by molar-refractivity contribution is 0.0529. The number of piperidine rings is 1. The van der Waals surface area contributed by atoms with Gasteiger partial charge < -0.3 is 14.5 Å². The number of hydrogen-bond donors (Lipinski definition) is 1. The minimum Gasteiger partial charge on any atom is -0.375 e. The molecule has 0 amide bonds. The molecule has 148 valence electrons. The Balaban J connectivity index is 1.43. The molecule has 3 aliphatic rings. The van der Waals surface area contributed by atoms with E-state index in [1.165, 1.54) is 5.56 Å². The van der Waals surface area contributed by atoms with E-state index < -0.39 is 0 Å². The number of anilines is 2. The fourth-order valence-electron chi connectivity index (χ4n) is 5.18. The van der Waals surface area contributed by atoms with Gasteiger partial charge >= 0.3 is 0 Å². The molecular weight excluding hydrogens is 352 g/mol. The molecule has 1 saturated carbocycles. The molecule has 0 radical (unpaired) electrons. The lowest BCUT2D eigenvalue weighted by atomic mass is 10.0. The number of ether oxygens (including phenoxy) is 1. The zero-order valence-corrected chi connectivity index (χ0v) is 16.5. The lowest BCUT2D eigenvalue weighted by Gasteiger charge is -2.33. The third-order valence-corrected chi connectivity index (χ3v) is 6.73. The van der Waals surface area contributed by atoms with Crippen molar-refractivity contribution in [2.45, 2.75) is 32.4 Å². The molecule has 1 aliphatic carbocycles. The normalized spacial score (nSPS) is 31.7. The molecular formula is C22H28N4O2. The quantitative estimate of drug-likeness (QED) is 0.882. The Morgan fingerprint density at radius 1 is 1.21 bits per heavy atom. The molecule has 5 atom stereocenters. The number of H-pyrrole nitrogens is 1. The summed E-state index contributed by atoms with van der Waals surface area (Å²) in [6.07, 6.45) is 1.15. The van der Waals surface area contributed by atoms with Crippen LogP contribution in [0.5, 0.6) is 0 Å². The number of nitrogens with zero attached hydrogens (tertiary/aromatic N) is 3. The molecule has 6 nitrogen and oxygen atoms in total. The molecule has 2 aliphatic heterocycles. The van der Waals surface area contributed by atoms with Crippen LogP contribution in [0.15, 0.2) is 41.2 Å². The minimum atomic E-state index is -0.0776. The van der Waals surface area contributed by atoms with E-state index in [9.17, 15) is 4.79 Å². The van der Waals surface area contributed by atoms with Crippen LogP contribution in [-0.2, 0) is 11.2 Å². The van der Waals surface area contributed by atoms with E-state index in [0.717, 1.165) is 43.7 Å². The van der Waals surface area contributed by atoms with Crippen LogP contribution in [0.4, 0.5) is 11.8 Å². The van der Waals surface area contributed by atoms with Crippen LogP contribution >= 0.6 is 0 Å². The summed E-state index contributed by atoms with van der Waals surface area (Å²) in [7, 11) is 0. The maximum absolute atomic E-state index is 12.4. The molecule has 5 rings (SSSR count). The molecule has 6 heteroatoms. The smallest absolute Gasteiger partial charge is 0.254 e. The number of fused-ring (bicyclic) bond motifs is 1. The minimum absolute atomic E-state index is 0.0776. The molecule has 3 heterocycles. The average Bonchev–Trinajstić information content (AvgIpc) is 3.16. The van der Waals surface area contributed by atoms with E-state index in [1.54, 1.807) is 6.07 Å². The van der Waals surface area contributed by atoms with E-state index in [0.29, 0.717) is 24.5 Å². The molecule has 1 aromatic heterocycles. The first-order chi connectivity index (χ1) is 13.6. The monoisotopic (exact) mass is 380 g/mol. The number of aromatic nitrogens is 2. The van der Waals surface area contributed by atoms with Gasteiger partial charge in [-0.15, -0.1) is 0 Å². The lowest BCUT2D eigenvalue weighted by Crippen LogP contribution is -2.43. The second-order valence-corrected chi connectivity index (χ2v) is 8.56. The van der Waals surface area contributed by atoms with E-state index in [-0.39, 0.29) is 11.7 Å². The summed E-state index contributed by atoms with van der Waals surface area (Å²) >= 11 is 0. The van der Waals surface area contributed by atoms with Crippen LogP contribution in [0, 0.1) is 17.8 Å². The third-order valence-electron chi connectivity index (χ3n) is 6.73. The van der Waals surface area contributed by atoms with Crippen molar-refractivity contribution in [1.82, 2.24) is 9.97 Å². The third kappa shape index (κ3) is 3.20. The van der Waals surface area contributed by atoms with Crippen LogP contribution in [-0.4, -0.2) is 48.4 Å². The summed E-state index contributed by atoms with van der Waals surface area (Å²) in [5.74, 6) is 3.66. The average molecular weight is 380 g/mol. The van der Waals surface area contributed by atoms with Gasteiger partial charge in [-0.1, -0.05) is 37.3 Å². The first-order valence-electron chi connectivity index (χ1n) is 10.4. The zero-order valence-electron chi connectivity index (χ0n) is 16.5. The van der Waals surface area contributed by atoms with Gasteiger partial charge in [-0.2, -0.15) is 4.98 Å². The second kappa shape index (κ2) is 6.92.